The van der Waals surface area contributed by atoms with E-state index in [0.717, 1.165) is 17.7 Å². The maximum Gasteiger partial charge on any atom is 0.106 e. The van der Waals surface area contributed by atoms with Gasteiger partial charge in [-0.2, -0.15) is 0 Å². The van der Waals surface area contributed by atoms with E-state index in [1.54, 1.807) is 7.11 Å². The monoisotopic (exact) mass is 189 g/mol. The van der Waals surface area contributed by atoms with Gasteiger partial charge in [0.15, 0.2) is 0 Å². The first kappa shape index (κ1) is 10.5. The van der Waals surface area contributed by atoms with Crippen molar-refractivity contribution in [3.8, 4) is 0 Å². The topological polar surface area (TPSA) is 21.6 Å². The molecule has 2 heteroatoms. The first-order valence-electron chi connectivity index (χ1n) is 4.54. The van der Waals surface area contributed by atoms with Gasteiger partial charge < -0.3 is 4.84 Å². The van der Waals surface area contributed by atoms with Gasteiger partial charge in [-0.3, -0.25) is 0 Å². The van der Waals surface area contributed by atoms with Gasteiger partial charge in [-0.25, -0.2) is 0 Å². The van der Waals surface area contributed by atoms with Gasteiger partial charge in [-0.1, -0.05) is 42.1 Å². The van der Waals surface area contributed by atoms with E-state index in [4.69, 9.17) is 0 Å². The van der Waals surface area contributed by atoms with E-state index >= 15 is 0 Å². The summed E-state index contributed by atoms with van der Waals surface area (Å²) in [6, 6.07) is 10.2. The summed E-state index contributed by atoms with van der Waals surface area (Å²) in [6.07, 6.45) is 0.819. The van der Waals surface area contributed by atoms with Crippen LogP contribution in [0.1, 0.15) is 12.5 Å². The fourth-order valence-electron chi connectivity index (χ4n) is 1.17. The largest absolute Gasteiger partial charge is 0.399 e. The molecular formula is C12H15NO. The Morgan fingerprint density at radius 3 is 2.57 bits per heavy atom. The maximum atomic E-state index is 4.69. The normalized spacial score (nSPS) is 11.1. The van der Waals surface area contributed by atoms with Crippen molar-refractivity contribution in [3.63, 3.8) is 0 Å². The fraction of sp³-hybridized carbons (Fsp3) is 0.250. The van der Waals surface area contributed by atoms with Crippen LogP contribution in [-0.4, -0.2) is 12.8 Å². The van der Waals surface area contributed by atoms with Crippen molar-refractivity contribution in [1.82, 2.24) is 0 Å². The quantitative estimate of drug-likeness (QED) is 0.527. The molecule has 0 radical (unpaired) electrons. The molecule has 0 aromatic heterocycles. The van der Waals surface area contributed by atoms with Crippen molar-refractivity contribution in [2.75, 3.05) is 7.11 Å². The van der Waals surface area contributed by atoms with Crippen LogP contribution in [0.3, 0.4) is 0 Å². The van der Waals surface area contributed by atoms with Crippen LogP contribution in [0.15, 0.2) is 47.6 Å². The Hall–Kier alpha value is -1.57. The third-order valence-electron chi connectivity index (χ3n) is 2.00. The van der Waals surface area contributed by atoms with Gasteiger partial charge in [-0.05, 0) is 24.5 Å². The summed E-state index contributed by atoms with van der Waals surface area (Å²) in [4.78, 5) is 4.69. The third-order valence-corrected chi connectivity index (χ3v) is 2.00. The zero-order valence-electron chi connectivity index (χ0n) is 8.66. The van der Waals surface area contributed by atoms with Crippen LogP contribution in [0.4, 0.5) is 0 Å². The van der Waals surface area contributed by atoms with Crippen LogP contribution in [0, 0.1) is 0 Å². The summed E-state index contributed by atoms with van der Waals surface area (Å²) < 4.78 is 0. The second-order valence-corrected chi connectivity index (χ2v) is 3.13. The molecule has 0 fully saturated rings. The predicted molar refractivity (Wildman–Crippen MR) is 59.4 cm³/mol. The number of hydrogen-bond donors (Lipinski definition) is 0. The van der Waals surface area contributed by atoms with E-state index in [2.05, 4.69) is 28.7 Å². The highest BCUT2D eigenvalue weighted by Crippen LogP contribution is 2.07. The molecule has 0 bridgehead atoms. The second kappa shape index (κ2) is 5.22. The Labute approximate surface area is 84.9 Å². The van der Waals surface area contributed by atoms with Crippen LogP contribution >= 0.6 is 0 Å². The molecule has 1 aromatic rings. The van der Waals surface area contributed by atoms with Crippen LogP contribution in [0.25, 0.3) is 0 Å². The van der Waals surface area contributed by atoms with Crippen molar-refractivity contribution < 1.29 is 4.84 Å². The molecule has 0 aliphatic carbocycles. The minimum absolute atomic E-state index is 0.819. The molecular weight excluding hydrogens is 174 g/mol. The number of hydrogen-bond acceptors (Lipinski definition) is 2. The molecule has 0 N–H and O–H groups in total. The zero-order valence-corrected chi connectivity index (χ0v) is 8.66. The summed E-state index contributed by atoms with van der Waals surface area (Å²) in [6.45, 7) is 5.86. The Kier molecular flexibility index (Phi) is 3.92. The lowest BCUT2D eigenvalue weighted by Crippen LogP contribution is -2.00. The minimum Gasteiger partial charge on any atom is -0.399 e. The van der Waals surface area contributed by atoms with Crippen molar-refractivity contribution in [1.29, 1.82) is 0 Å². The van der Waals surface area contributed by atoms with E-state index in [9.17, 15) is 0 Å². The smallest absolute Gasteiger partial charge is 0.106 e. The molecule has 0 saturated carbocycles. The standard InChI is InChI=1S/C12H15NO/c1-10(11(2)13-14-3)9-12-7-5-4-6-8-12/h4-8H,1,9H2,2-3H3/b13-11-. The Bertz CT molecular complexity index is 327. The van der Waals surface area contributed by atoms with Gasteiger partial charge in [0.2, 0.25) is 0 Å². The molecule has 2 nitrogen and oxygen atoms in total. The number of rotatable bonds is 4. The lowest BCUT2D eigenvalue weighted by molar-refractivity contribution is 0.213. The summed E-state index contributed by atoms with van der Waals surface area (Å²) in [7, 11) is 1.54. The van der Waals surface area contributed by atoms with Crippen molar-refractivity contribution in [2.45, 2.75) is 13.3 Å². The third kappa shape index (κ3) is 3.05. The molecule has 1 rings (SSSR count). The van der Waals surface area contributed by atoms with Crippen LogP contribution in [-0.2, 0) is 11.3 Å². The predicted octanol–water partition coefficient (Wildman–Crippen LogP) is 2.81. The maximum absolute atomic E-state index is 4.69. The highest BCUT2D eigenvalue weighted by Gasteiger charge is 2.00. The lowest BCUT2D eigenvalue weighted by atomic mass is 10.0. The van der Waals surface area contributed by atoms with E-state index in [1.807, 2.05) is 25.1 Å². The van der Waals surface area contributed by atoms with E-state index in [-0.39, 0.29) is 0 Å². The van der Waals surface area contributed by atoms with E-state index < -0.39 is 0 Å². The molecule has 0 aliphatic rings. The second-order valence-electron chi connectivity index (χ2n) is 3.13. The van der Waals surface area contributed by atoms with Crippen LogP contribution < -0.4 is 0 Å². The molecule has 0 atom stereocenters. The minimum atomic E-state index is 0.819. The van der Waals surface area contributed by atoms with Gasteiger partial charge in [0.1, 0.15) is 7.11 Å². The molecule has 74 valence electrons. The Balaban J connectivity index is 2.62. The Morgan fingerprint density at radius 2 is 2.00 bits per heavy atom. The highest BCUT2D eigenvalue weighted by atomic mass is 16.6. The zero-order chi connectivity index (χ0) is 10.4. The summed E-state index contributed by atoms with van der Waals surface area (Å²) >= 11 is 0. The van der Waals surface area contributed by atoms with Crippen LogP contribution in [0.5, 0.6) is 0 Å². The molecule has 14 heavy (non-hydrogen) atoms. The number of allylic oxidation sites excluding steroid dienone is 1. The highest BCUT2D eigenvalue weighted by molar-refractivity contribution is 5.97. The molecule has 0 aliphatic heterocycles. The summed E-state index contributed by atoms with van der Waals surface area (Å²) in [5, 5.41) is 3.84. The van der Waals surface area contributed by atoms with Gasteiger partial charge in [0.05, 0.1) is 5.71 Å². The molecule has 0 spiro atoms. The SMILES string of the molecule is C=C(Cc1ccccc1)/C(C)=N\OC. The molecule has 0 heterocycles. The van der Waals surface area contributed by atoms with Crippen LogP contribution in [0.2, 0.25) is 0 Å². The first-order valence-corrected chi connectivity index (χ1v) is 4.54. The summed E-state index contributed by atoms with van der Waals surface area (Å²) in [5.74, 6) is 0. The average Bonchev–Trinajstić information content (AvgIpc) is 2.19. The van der Waals surface area contributed by atoms with E-state index in [1.165, 1.54) is 5.56 Å². The van der Waals surface area contributed by atoms with Gasteiger partial charge in [-0.15, -0.1) is 0 Å². The molecule has 0 amide bonds. The number of nitrogens with zero attached hydrogens (tertiary/aromatic N) is 1. The number of benzene rings is 1. The van der Waals surface area contributed by atoms with Crippen molar-refractivity contribution in [2.24, 2.45) is 5.16 Å². The van der Waals surface area contributed by atoms with Gasteiger partial charge in [0, 0.05) is 0 Å². The summed E-state index contributed by atoms with van der Waals surface area (Å²) in [5.41, 5.74) is 3.07. The van der Waals surface area contributed by atoms with Gasteiger partial charge in [0.25, 0.3) is 0 Å². The number of oxime groups is 1. The molecule has 0 unspecified atom stereocenters. The van der Waals surface area contributed by atoms with Gasteiger partial charge >= 0.3 is 0 Å². The van der Waals surface area contributed by atoms with Crippen molar-refractivity contribution >= 4 is 5.71 Å². The molecule has 0 saturated heterocycles. The average molecular weight is 189 g/mol. The lowest BCUT2D eigenvalue weighted by Gasteiger charge is -2.04. The molecule has 1 aromatic carbocycles. The van der Waals surface area contributed by atoms with Crippen molar-refractivity contribution in [3.05, 3.63) is 48.0 Å². The Morgan fingerprint density at radius 1 is 1.36 bits per heavy atom. The fourth-order valence-corrected chi connectivity index (χ4v) is 1.17. The van der Waals surface area contributed by atoms with E-state index in [0.29, 0.717) is 0 Å². The first-order chi connectivity index (χ1) is 6.74.